The van der Waals surface area contributed by atoms with E-state index in [4.69, 9.17) is 4.74 Å². The number of ether oxygens (including phenoxy) is 1. The molecule has 2 aromatic rings. The molecular formula is C21H27N5O2. The molecule has 0 saturated carbocycles. The van der Waals surface area contributed by atoms with Crippen LogP contribution in [0.2, 0.25) is 0 Å². The third kappa shape index (κ3) is 3.34. The van der Waals surface area contributed by atoms with Gasteiger partial charge >= 0.3 is 0 Å². The van der Waals surface area contributed by atoms with Gasteiger partial charge in [0.2, 0.25) is 0 Å². The van der Waals surface area contributed by atoms with Crippen LogP contribution >= 0.6 is 0 Å². The smallest absolute Gasteiger partial charge is 0.271 e. The second kappa shape index (κ2) is 7.31. The second-order valence-electron chi connectivity index (χ2n) is 8.07. The Morgan fingerprint density at radius 2 is 2.14 bits per heavy atom. The number of amides is 1. The average Bonchev–Trinajstić information content (AvgIpc) is 3.15. The number of benzene rings is 1. The lowest BCUT2D eigenvalue weighted by Crippen LogP contribution is -2.49. The van der Waals surface area contributed by atoms with Crippen molar-refractivity contribution in [3.05, 3.63) is 52.8 Å². The molecule has 1 saturated heterocycles. The minimum atomic E-state index is -0.131. The van der Waals surface area contributed by atoms with E-state index in [1.54, 1.807) is 0 Å². The standard InChI is InChI=1S/C21H27N5O2/c27-20(24-12-19-17-4-2-1-3-15(17)5-8-23-19)18-11-16-13-28-21(14-26(16)25-18)6-9-22-10-7-21/h1-4,11,19,22-23H,5-10,12-14H2,(H,24,27). The van der Waals surface area contributed by atoms with Gasteiger partial charge in [0.05, 0.1) is 24.4 Å². The molecule has 3 N–H and O–H groups in total. The summed E-state index contributed by atoms with van der Waals surface area (Å²) < 4.78 is 8.15. The van der Waals surface area contributed by atoms with Crippen molar-refractivity contribution in [1.29, 1.82) is 0 Å². The van der Waals surface area contributed by atoms with Gasteiger partial charge in [-0.05, 0) is 56.1 Å². The van der Waals surface area contributed by atoms with Gasteiger partial charge in [-0.1, -0.05) is 24.3 Å². The molecule has 3 aliphatic heterocycles. The fourth-order valence-electron chi connectivity index (χ4n) is 4.61. The van der Waals surface area contributed by atoms with Crippen LogP contribution in [0.5, 0.6) is 0 Å². The second-order valence-corrected chi connectivity index (χ2v) is 8.07. The Morgan fingerprint density at radius 3 is 3.04 bits per heavy atom. The van der Waals surface area contributed by atoms with Gasteiger partial charge in [-0.3, -0.25) is 9.48 Å². The first kappa shape index (κ1) is 17.8. The topological polar surface area (TPSA) is 80.2 Å². The van der Waals surface area contributed by atoms with Gasteiger partial charge in [0.1, 0.15) is 0 Å². The molecule has 7 nitrogen and oxygen atoms in total. The first-order valence-electron chi connectivity index (χ1n) is 10.2. The van der Waals surface area contributed by atoms with Gasteiger partial charge < -0.3 is 20.7 Å². The third-order valence-electron chi connectivity index (χ3n) is 6.26. The summed E-state index contributed by atoms with van der Waals surface area (Å²) in [5, 5.41) is 14.5. The van der Waals surface area contributed by atoms with E-state index < -0.39 is 0 Å². The van der Waals surface area contributed by atoms with Crippen molar-refractivity contribution in [2.45, 2.75) is 44.1 Å². The summed E-state index contributed by atoms with van der Waals surface area (Å²) >= 11 is 0. The van der Waals surface area contributed by atoms with Crippen molar-refractivity contribution in [2.24, 2.45) is 0 Å². The number of rotatable bonds is 3. The van der Waals surface area contributed by atoms with Gasteiger partial charge in [-0.2, -0.15) is 5.10 Å². The summed E-state index contributed by atoms with van der Waals surface area (Å²) in [6.07, 6.45) is 3.01. The van der Waals surface area contributed by atoms with Crippen LogP contribution in [-0.2, 0) is 24.3 Å². The maximum atomic E-state index is 12.7. The number of aromatic nitrogens is 2. The molecule has 148 valence electrons. The minimum absolute atomic E-state index is 0.119. The molecule has 1 aromatic heterocycles. The Bertz CT molecular complexity index is 871. The van der Waals surface area contributed by atoms with E-state index in [-0.39, 0.29) is 17.6 Å². The Labute approximate surface area is 164 Å². The van der Waals surface area contributed by atoms with E-state index in [9.17, 15) is 4.79 Å². The van der Waals surface area contributed by atoms with E-state index in [1.807, 2.05) is 10.7 Å². The number of fused-ring (bicyclic) bond motifs is 2. The highest BCUT2D eigenvalue weighted by molar-refractivity contribution is 5.92. The summed E-state index contributed by atoms with van der Waals surface area (Å²) in [5.74, 6) is -0.119. The predicted octanol–water partition coefficient (Wildman–Crippen LogP) is 1.15. The molecule has 1 atom stereocenters. The zero-order chi connectivity index (χ0) is 19.0. The molecule has 5 rings (SSSR count). The van der Waals surface area contributed by atoms with Crippen LogP contribution in [0.1, 0.15) is 46.2 Å². The van der Waals surface area contributed by atoms with Crippen molar-refractivity contribution in [3.63, 3.8) is 0 Å². The molecule has 1 aromatic carbocycles. The Morgan fingerprint density at radius 1 is 1.29 bits per heavy atom. The number of nitrogens with one attached hydrogen (secondary N) is 3. The zero-order valence-corrected chi connectivity index (χ0v) is 16.0. The number of hydrogen-bond donors (Lipinski definition) is 3. The summed E-state index contributed by atoms with van der Waals surface area (Å²) in [7, 11) is 0. The van der Waals surface area contributed by atoms with E-state index in [1.165, 1.54) is 11.1 Å². The minimum Gasteiger partial charge on any atom is -0.367 e. The molecule has 1 fully saturated rings. The Hall–Kier alpha value is -2.22. The lowest BCUT2D eigenvalue weighted by molar-refractivity contribution is -0.109. The van der Waals surface area contributed by atoms with Crippen molar-refractivity contribution in [3.8, 4) is 0 Å². The van der Waals surface area contributed by atoms with Crippen LogP contribution in [0.3, 0.4) is 0 Å². The van der Waals surface area contributed by atoms with Gasteiger partial charge in [0.15, 0.2) is 5.69 Å². The van der Waals surface area contributed by atoms with Crippen molar-refractivity contribution in [1.82, 2.24) is 25.7 Å². The van der Waals surface area contributed by atoms with Gasteiger partial charge in [-0.15, -0.1) is 0 Å². The number of nitrogens with zero attached hydrogens (tertiary/aromatic N) is 2. The van der Waals surface area contributed by atoms with E-state index >= 15 is 0 Å². The summed E-state index contributed by atoms with van der Waals surface area (Å²) in [4.78, 5) is 12.7. The molecule has 1 spiro atoms. The molecule has 0 aliphatic carbocycles. The molecule has 4 heterocycles. The molecule has 1 unspecified atom stereocenters. The largest absolute Gasteiger partial charge is 0.367 e. The third-order valence-corrected chi connectivity index (χ3v) is 6.26. The normalized spacial score (nSPS) is 23.1. The van der Waals surface area contributed by atoms with Crippen molar-refractivity contribution >= 4 is 5.91 Å². The molecule has 3 aliphatic rings. The van der Waals surface area contributed by atoms with Gasteiger partial charge in [0, 0.05) is 12.6 Å². The summed E-state index contributed by atoms with van der Waals surface area (Å²) in [6.45, 7) is 4.70. The fraction of sp³-hybridized carbons (Fsp3) is 0.524. The number of carbonyl (C=O) groups is 1. The lowest BCUT2D eigenvalue weighted by Gasteiger charge is -2.40. The zero-order valence-electron chi connectivity index (χ0n) is 16.0. The molecule has 0 bridgehead atoms. The molecule has 1 amide bonds. The van der Waals surface area contributed by atoms with Crippen LogP contribution in [0, 0.1) is 0 Å². The fourth-order valence-corrected chi connectivity index (χ4v) is 4.61. The summed E-state index contributed by atoms with van der Waals surface area (Å²) in [5.41, 5.74) is 3.97. The highest BCUT2D eigenvalue weighted by atomic mass is 16.5. The van der Waals surface area contributed by atoms with Crippen LogP contribution in [0.15, 0.2) is 30.3 Å². The Balaban J connectivity index is 1.25. The quantitative estimate of drug-likeness (QED) is 0.743. The van der Waals surface area contributed by atoms with Crippen LogP contribution in [0.4, 0.5) is 0 Å². The van der Waals surface area contributed by atoms with E-state index in [0.29, 0.717) is 18.8 Å². The SMILES string of the molecule is O=C(NCC1NCCc2ccccc21)c1cc2n(n1)CC1(CCNCC1)OC2. The average molecular weight is 381 g/mol. The molecule has 0 radical (unpaired) electrons. The summed E-state index contributed by atoms with van der Waals surface area (Å²) in [6, 6.07) is 10.5. The predicted molar refractivity (Wildman–Crippen MR) is 105 cm³/mol. The van der Waals surface area contributed by atoms with Crippen molar-refractivity contribution < 1.29 is 9.53 Å². The van der Waals surface area contributed by atoms with Gasteiger partial charge in [-0.25, -0.2) is 0 Å². The lowest BCUT2D eigenvalue weighted by atomic mass is 9.91. The van der Waals surface area contributed by atoms with E-state index in [0.717, 1.165) is 51.1 Å². The monoisotopic (exact) mass is 381 g/mol. The van der Waals surface area contributed by atoms with Crippen LogP contribution < -0.4 is 16.0 Å². The number of carbonyl (C=O) groups excluding carboxylic acids is 1. The first-order chi connectivity index (χ1) is 13.7. The molecule has 7 heteroatoms. The van der Waals surface area contributed by atoms with Crippen LogP contribution in [0.25, 0.3) is 0 Å². The first-order valence-corrected chi connectivity index (χ1v) is 10.2. The van der Waals surface area contributed by atoms with Crippen LogP contribution in [-0.4, -0.2) is 47.5 Å². The molecular weight excluding hydrogens is 354 g/mol. The van der Waals surface area contributed by atoms with E-state index in [2.05, 4.69) is 45.3 Å². The van der Waals surface area contributed by atoms with Gasteiger partial charge in [0.25, 0.3) is 5.91 Å². The van der Waals surface area contributed by atoms with Crippen molar-refractivity contribution in [2.75, 3.05) is 26.2 Å². The number of piperidine rings is 1. The highest BCUT2D eigenvalue weighted by Crippen LogP contribution is 2.31. The number of hydrogen-bond acceptors (Lipinski definition) is 5. The Kier molecular flexibility index (Phi) is 4.66. The highest BCUT2D eigenvalue weighted by Gasteiger charge is 2.38. The molecule has 28 heavy (non-hydrogen) atoms. The maximum Gasteiger partial charge on any atom is 0.271 e. The maximum absolute atomic E-state index is 12.7.